The molecular formula is C13H23N3O. The lowest BCUT2D eigenvalue weighted by molar-refractivity contribution is 0.269. The van der Waals surface area contributed by atoms with Crippen molar-refractivity contribution < 1.29 is 5.11 Å². The van der Waals surface area contributed by atoms with Crippen LogP contribution in [-0.4, -0.2) is 27.5 Å². The van der Waals surface area contributed by atoms with Gasteiger partial charge in [0.2, 0.25) is 0 Å². The molecule has 17 heavy (non-hydrogen) atoms. The molecule has 0 aliphatic heterocycles. The molecule has 0 amide bonds. The molecule has 0 saturated heterocycles. The predicted octanol–water partition coefficient (Wildman–Crippen LogP) is 2.42. The second-order valence-corrected chi connectivity index (χ2v) is 4.62. The average Bonchev–Trinajstić information content (AvgIpc) is 2.65. The first-order valence-corrected chi connectivity index (χ1v) is 6.15. The predicted molar refractivity (Wildman–Crippen MR) is 71.1 cm³/mol. The largest absolute Gasteiger partial charge is 0.394 e. The molecule has 0 aromatic carbocycles. The summed E-state index contributed by atoms with van der Waals surface area (Å²) in [5.74, 6) is 0. The third-order valence-corrected chi connectivity index (χ3v) is 2.53. The van der Waals surface area contributed by atoms with E-state index in [1.807, 2.05) is 6.20 Å². The lowest BCUT2D eigenvalue weighted by Gasteiger charge is -2.12. The molecule has 1 aromatic heterocycles. The summed E-state index contributed by atoms with van der Waals surface area (Å²) in [7, 11) is 0. The Morgan fingerprint density at radius 1 is 1.59 bits per heavy atom. The molecule has 0 aliphatic carbocycles. The van der Waals surface area contributed by atoms with Gasteiger partial charge in [-0.15, -0.1) is 0 Å². The van der Waals surface area contributed by atoms with Crippen molar-refractivity contribution in [3.8, 4) is 0 Å². The van der Waals surface area contributed by atoms with Gasteiger partial charge in [0.15, 0.2) is 0 Å². The molecule has 1 atom stereocenters. The van der Waals surface area contributed by atoms with Gasteiger partial charge in [-0.05, 0) is 33.6 Å². The molecule has 0 fully saturated rings. The van der Waals surface area contributed by atoms with Gasteiger partial charge in [0.25, 0.3) is 0 Å². The summed E-state index contributed by atoms with van der Waals surface area (Å²) in [6.45, 7) is 7.08. The molecule has 4 nitrogen and oxygen atoms in total. The van der Waals surface area contributed by atoms with Crippen molar-refractivity contribution in [2.24, 2.45) is 0 Å². The molecule has 0 bridgehead atoms. The number of aromatic nitrogens is 2. The zero-order valence-electron chi connectivity index (χ0n) is 11.0. The van der Waals surface area contributed by atoms with Crippen LogP contribution < -0.4 is 5.32 Å². The van der Waals surface area contributed by atoms with Crippen molar-refractivity contribution in [3.05, 3.63) is 24.0 Å². The number of hydrogen-bond donors (Lipinski definition) is 2. The lowest BCUT2D eigenvalue weighted by Crippen LogP contribution is -2.14. The van der Waals surface area contributed by atoms with E-state index in [9.17, 15) is 0 Å². The Labute approximate surface area is 103 Å². The quantitative estimate of drug-likeness (QED) is 0.716. The molecule has 0 radical (unpaired) electrons. The summed E-state index contributed by atoms with van der Waals surface area (Å²) >= 11 is 0. The van der Waals surface area contributed by atoms with Crippen LogP contribution >= 0.6 is 0 Å². The first-order valence-electron chi connectivity index (χ1n) is 6.15. The summed E-state index contributed by atoms with van der Waals surface area (Å²) in [6.07, 6.45) is 8.19. The fourth-order valence-electron chi connectivity index (χ4n) is 1.64. The standard InChI is InChI=1S/C13H23N3O/c1-11(2)5-4-6-12(3)15-13-9-14-16(10-13)7-8-17/h5,9-10,12,15,17H,4,6-8H2,1-3H3. The van der Waals surface area contributed by atoms with Crippen LogP contribution in [0.4, 0.5) is 5.69 Å². The van der Waals surface area contributed by atoms with E-state index in [1.54, 1.807) is 10.9 Å². The highest BCUT2D eigenvalue weighted by atomic mass is 16.3. The van der Waals surface area contributed by atoms with Crippen molar-refractivity contribution in [2.45, 2.75) is 46.2 Å². The van der Waals surface area contributed by atoms with Crippen LogP contribution in [0.1, 0.15) is 33.6 Å². The van der Waals surface area contributed by atoms with E-state index in [4.69, 9.17) is 5.11 Å². The third-order valence-electron chi connectivity index (χ3n) is 2.53. The maximum Gasteiger partial charge on any atom is 0.0728 e. The number of hydrogen-bond acceptors (Lipinski definition) is 3. The highest BCUT2D eigenvalue weighted by Gasteiger charge is 2.03. The number of anilines is 1. The van der Waals surface area contributed by atoms with Crippen LogP contribution in [0.2, 0.25) is 0 Å². The second kappa shape index (κ2) is 7.12. The molecule has 96 valence electrons. The van der Waals surface area contributed by atoms with Gasteiger partial charge >= 0.3 is 0 Å². The van der Waals surface area contributed by atoms with Crippen LogP contribution in [0.25, 0.3) is 0 Å². The number of nitrogens with zero attached hydrogens (tertiary/aromatic N) is 2. The molecule has 1 aromatic rings. The molecule has 1 rings (SSSR count). The Morgan fingerprint density at radius 3 is 3.00 bits per heavy atom. The Kier molecular flexibility index (Phi) is 5.77. The minimum Gasteiger partial charge on any atom is -0.394 e. The topological polar surface area (TPSA) is 50.1 Å². The number of nitrogens with one attached hydrogen (secondary N) is 1. The van der Waals surface area contributed by atoms with Gasteiger partial charge in [0, 0.05) is 12.2 Å². The van der Waals surface area contributed by atoms with Crippen molar-refractivity contribution in [1.29, 1.82) is 0 Å². The number of allylic oxidation sites excluding steroid dienone is 2. The molecular weight excluding hydrogens is 214 g/mol. The van der Waals surface area contributed by atoms with E-state index in [2.05, 4.69) is 37.3 Å². The van der Waals surface area contributed by atoms with E-state index in [0.717, 1.165) is 18.5 Å². The van der Waals surface area contributed by atoms with E-state index in [1.165, 1.54) is 5.57 Å². The highest BCUT2D eigenvalue weighted by molar-refractivity contribution is 5.39. The van der Waals surface area contributed by atoms with Crippen molar-refractivity contribution in [1.82, 2.24) is 9.78 Å². The van der Waals surface area contributed by atoms with Gasteiger partial charge in [-0.2, -0.15) is 5.10 Å². The maximum atomic E-state index is 8.79. The smallest absolute Gasteiger partial charge is 0.0728 e. The van der Waals surface area contributed by atoms with Crippen molar-refractivity contribution in [3.63, 3.8) is 0 Å². The van der Waals surface area contributed by atoms with Gasteiger partial charge < -0.3 is 10.4 Å². The van der Waals surface area contributed by atoms with E-state index >= 15 is 0 Å². The monoisotopic (exact) mass is 237 g/mol. The Hall–Kier alpha value is -1.29. The van der Waals surface area contributed by atoms with Crippen LogP contribution in [-0.2, 0) is 6.54 Å². The lowest BCUT2D eigenvalue weighted by atomic mass is 10.1. The number of aliphatic hydroxyl groups excluding tert-OH is 1. The van der Waals surface area contributed by atoms with Gasteiger partial charge in [0.1, 0.15) is 0 Å². The SMILES string of the molecule is CC(C)=CCCC(C)Nc1cnn(CCO)c1. The van der Waals surface area contributed by atoms with E-state index < -0.39 is 0 Å². The normalized spacial score (nSPS) is 12.2. The maximum absolute atomic E-state index is 8.79. The fraction of sp³-hybridized carbons (Fsp3) is 0.615. The van der Waals surface area contributed by atoms with Gasteiger partial charge in [-0.1, -0.05) is 11.6 Å². The van der Waals surface area contributed by atoms with Crippen LogP contribution in [0.15, 0.2) is 24.0 Å². The zero-order chi connectivity index (χ0) is 12.7. The van der Waals surface area contributed by atoms with E-state index in [0.29, 0.717) is 12.6 Å². The zero-order valence-corrected chi connectivity index (χ0v) is 11.0. The molecule has 1 heterocycles. The van der Waals surface area contributed by atoms with Crippen LogP contribution in [0.5, 0.6) is 0 Å². The second-order valence-electron chi connectivity index (χ2n) is 4.62. The molecule has 0 aliphatic rings. The van der Waals surface area contributed by atoms with E-state index in [-0.39, 0.29) is 6.61 Å². The van der Waals surface area contributed by atoms with Gasteiger partial charge in [-0.3, -0.25) is 4.68 Å². The summed E-state index contributed by atoms with van der Waals surface area (Å²) < 4.78 is 1.74. The average molecular weight is 237 g/mol. The summed E-state index contributed by atoms with van der Waals surface area (Å²) in [6, 6.07) is 0.428. The molecule has 0 saturated carbocycles. The molecule has 2 N–H and O–H groups in total. The Bertz CT molecular complexity index is 353. The summed E-state index contributed by atoms with van der Waals surface area (Å²) in [4.78, 5) is 0. The van der Waals surface area contributed by atoms with Crippen molar-refractivity contribution >= 4 is 5.69 Å². The number of rotatable bonds is 7. The molecule has 4 heteroatoms. The first kappa shape index (κ1) is 13.8. The van der Waals surface area contributed by atoms with Gasteiger partial charge in [0.05, 0.1) is 25.0 Å². The molecule has 1 unspecified atom stereocenters. The number of aliphatic hydroxyl groups is 1. The summed E-state index contributed by atoms with van der Waals surface area (Å²) in [5, 5.41) is 16.3. The molecule has 0 spiro atoms. The highest BCUT2D eigenvalue weighted by Crippen LogP contribution is 2.10. The summed E-state index contributed by atoms with van der Waals surface area (Å²) in [5.41, 5.74) is 2.39. The van der Waals surface area contributed by atoms with Crippen LogP contribution in [0, 0.1) is 0 Å². The van der Waals surface area contributed by atoms with Crippen molar-refractivity contribution in [2.75, 3.05) is 11.9 Å². The Morgan fingerprint density at radius 2 is 2.35 bits per heavy atom. The first-order chi connectivity index (χ1) is 8.11. The van der Waals surface area contributed by atoms with Gasteiger partial charge in [-0.25, -0.2) is 0 Å². The van der Waals surface area contributed by atoms with Crippen LogP contribution in [0.3, 0.4) is 0 Å². The third kappa shape index (κ3) is 5.54. The minimum absolute atomic E-state index is 0.122. The minimum atomic E-state index is 0.122. The Balaban J connectivity index is 2.34. The fourth-order valence-corrected chi connectivity index (χ4v) is 1.64.